The summed E-state index contributed by atoms with van der Waals surface area (Å²) >= 11 is 3.40. The van der Waals surface area contributed by atoms with E-state index in [2.05, 4.69) is 21.2 Å². The fraction of sp³-hybridized carbons (Fsp3) is 0.250. The zero-order valence-corrected chi connectivity index (χ0v) is 16.6. The molecule has 0 saturated heterocycles. The number of likely N-dealkylation sites (N-methyl/N-ethyl adjacent to an activating group) is 1. The number of benzene rings is 2. The predicted molar refractivity (Wildman–Crippen MR) is 106 cm³/mol. The maximum atomic E-state index is 13.5. The van der Waals surface area contributed by atoms with E-state index in [1.807, 2.05) is 43.3 Å². The SMILES string of the molecule is COc1ccc(Br)cc1/C=C/C(=O)NCC(c1cccc(F)c1)N(C)C. The molecule has 26 heavy (non-hydrogen) atoms. The Balaban J connectivity index is 2.04. The van der Waals surface area contributed by atoms with Gasteiger partial charge in [-0.25, -0.2) is 4.39 Å². The zero-order valence-electron chi connectivity index (χ0n) is 15.0. The lowest BCUT2D eigenvalue weighted by atomic mass is 10.1. The molecule has 0 aromatic heterocycles. The van der Waals surface area contributed by atoms with Gasteiger partial charge in [0.05, 0.1) is 13.2 Å². The van der Waals surface area contributed by atoms with Gasteiger partial charge in [0.2, 0.25) is 5.91 Å². The van der Waals surface area contributed by atoms with Crippen LogP contribution in [0.4, 0.5) is 4.39 Å². The first-order chi connectivity index (χ1) is 12.4. The fourth-order valence-electron chi connectivity index (χ4n) is 2.57. The fourth-order valence-corrected chi connectivity index (χ4v) is 2.95. The van der Waals surface area contributed by atoms with Crippen LogP contribution in [0.25, 0.3) is 6.08 Å². The van der Waals surface area contributed by atoms with E-state index < -0.39 is 0 Å². The molecule has 0 heterocycles. The second kappa shape index (κ2) is 9.50. The van der Waals surface area contributed by atoms with Gasteiger partial charge in [-0.15, -0.1) is 0 Å². The second-order valence-electron chi connectivity index (χ2n) is 6.00. The molecule has 1 amide bonds. The molecule has 4 nitrogen and oxygen atoms in total. The van der Waals surface area contributed by atoms with Gasteiger partial charge in [-0.1, -0.05) is 28.1 Å². The predicted octanol–water partition coefficient (Wildman–Crippen LogP) is 4.03. The van der Waals surface area contributed by atoms with Crippen LogP contribution in [0.3, 0.4) is 0 Å². The Labute approximate surface area is 161 Å². The van der Waals surface area contributed by atoms with Crippen molar-refractivity contribution in [3.8, 4) is 5.75 Å². The molecule has 0 saturated carbocycles. The molecule has 1 N–H and O–H groups in total. The van der Waals surface area contributed by atoms with Gasteiger partial charge in [0.25, 0.3) is 0 Å². The summed E-state index contributed by atoms with van der Waals surface area (Å²) < 4.78 is 19.7. The van der Waals surface area contributed by atoms with Gasteiger partial charge in [0.15, 0.2) is 0 Å². The van der Waals surface area contributed by atoms with Gasteiger partial charge in [-0.05, 0) is 56.1 Å². The Morgan fingerprint density at radius 1 is 1.31 bits per heavy atom. The number of ether oxygens (including phenoxy) is 1. The second-order valence-corrected chi connectivity index (χ2v) is 6.91. The summed E-state index contributed by atoms with van der Waals surface area (Å²) in [5, 5.41) is 2.86. The van der Waals surface area contributed by atoms with E-state index in [1.165, 1.54) is 18.2 Å². The molecule has 0 aliphatic heterocycles. The van der Waals surface area contributed by atoms with Crippen LogP contribution in [0.15, 0.2) is 53.0 Å². The van der Waals surface area contributed by atoms with Crippen molar-refractivity contribution in [2.24, 2.45) is 0 Å². The van der Waals surface area contributed by atoms with Crippen molar-refractivity contribution in [1.29, 1.82) is 0 Å². The van der Waals surface area contributed by atoms with Crippen LogP contribution in [0.1, 0.15) is 17.2 Å². The number of carbonyl (C=O) groups is 1. The first kappa shape index (κ1) is 20.1. The van der Waals surface area contributed by atoms with E-state index >= 15 is 0 Å². The van der Waals surface area contributed by atoms with Gasteiger partial charge in [0, 0.05) is 22.7 Å². The number of rotatable bonds is 7. The van der Waals surface area contributed by atoms with Crippen molar-refractivity contribution in [1.82, 2.24) is 10.2 Å². The summed E-state index contributed by atoms with van der Waals surface area (Å²) in [5.41, 5.74) is 1.61. The number of nitrogens with one attached hydrogen (secondary N) is 1. The van der Waals surface area contributed by atoms with Crippen LogP contribution in [0, 0.1) is 5.82 Å². The maximum absolute atomic E-state index is 13.5. The number of carbonyl (C=O) groups excluding carboxylic acids is 1. The molecule has 138 valence electrons. The molecule has 0 fully saturated rings. The average Bonchev–Trinajstić information content (AvgIpc) is 2.60. The molecule has 0 aliphatic carbocycles. The first-order valence-corrected chi connectivity index (χ1v) is 8.91. The van der Waals surface area contributed by atoms with Gasteiger partial charge in [-0.3, -0.25) is 4.79 Å². The van der Waals surface area contributed by atoms with Gasteiger partial charge in [-0.2, -0.15) is 0 Å². The highest BCUT2D eigenvalue weighted by Crippen LogP contribution is 2.24. The third-order valence-corrected chi connectivity index (χ3v) is 4.43. The minimum absolute atomic E-state index is 0.122. The summed E-state index contributed by atoms with van der Waals surface area (Å²) in [6, 6.07) is 11.9. The molecular weight excluding hydrogens is 399 g/mol. The number of methoxy groups -OCH3 is 1. The number of hydrogen-bond donors (Lipinski definition) is 1. The molecule has 0 aliphatic rings. The van der Waals surface area contributed by atoms with Gasteiger partial charge < -0.3 is 15.0 Å². The summed E-state index contributed by atoms with van der Waals surface area (Å²) in [6.45, 7) is 0.370. The molecular formula is C20H22BrFN2O2. The van der Waals surface area contributed by atoms with Crippen molar-refractivity contribution >= 4 is 27.9 Å². The van der Waals surface area contributed by atoms with E-state index in [9.17, 15) is 9.18 Å². The lowest BCUT2D eigenvalue weighted by Gasteiger charge is -2.25. The number of nitrogens with zero attached hydrogens (tertiary/aromatic N) is 1. The van der Waals surface area contributed by atoms with Crippen LogP contribution in [-0.2, 0) is 4.79 Å². The van der Waals surface area contributed by atoms with Crippen LogP contribution < -0.4 is 10.1 Å². The number of hydrogen-bond acceptors (Lipinski definition) is 3. The molecule has 0 radical (unpaired) electrons. The van der Waals surface area contributed by atoms with Crippen molar-refractivity contribution in [2.75, 3.05) is 27.7 Å². The summed E-state index contributed by atoms with van der Waals surface area (Å²) in [5.74, 6) is 0.167. The highest BCUT2D eigenvalue weighted by molar-refractivity contribution is 9.10. The van der Waals surface area contributed by atoms with E-state index in [1.54, 1.807) is 19.3 Å². The lowest BCUT2D eigenvalue weighted by molar-refractivity contribution is -0.116. The smallest absolute Gasteiger partial charge is 0.244 e. The molecule has 2 aromatic rings. The Morgan fingerprint density at radius 3 is 2.73 bits per heavy atom. The molecule has 2 aromatic carbocycles. The summed E-state index contributed by atoms with van der Waals surface area (Å²) in [4.78, 5) is 14.1. The van der Waals surface area contributed by atoms with E-state index in [-0.39, 0.29) is 17.8 Å². The molecule has 1 unspecified atom stereocenters. The Morgan fingerprint density at radius 2 is 2.08 bits per heavy atom. The summed E-state index contributed by atoms with van der Waals surface area (Å²) in [6.07, 6.45) is 3.16. The third kappa shape index (κ3) is 5.68. The highest BCUT2D eigenvalue weighted by Gasteiger charge is 2.15. The Hall–Kier alpha value is -2.18. The number of halogens is 2. The van der Waals surface area contributed by atoms with E-state index in [4.69, 9.17) is 4.74 Å². The van der Waals surface area contributed by atoms with Crippen LogP contribution in [-0.4, -0.2) is 38.6 Å². The van der Waals surface area contributed by atoms with Crippen LogP contribution >= 0.6 is 15.9 Å². The average molecular weight is 421 g/mol. The molecule has 2 rings (SSSR count). The maximum Gasteiger partial charge on any atom is 0.244 e. The summed E-state index contributed by atoms with van der Waals surface area (Å²) in [7, 11) is 5.37. The van der Waals surface area contributed by atoms with Gasteiger partial charge >= 0.3 is 0 Å². The Bertz CT molecular complexity index is 793. The number of amides is 1. The topological polar surface area (TPSA) is 41.6 Å². The molecule has 6 heteroatoms. The molecule has 1 atom stereocenters. The van der Waals surface area contributed by atoms with Crippen molar-refractivity contribution in [2.45, 2.75) is 6.04 Å². The van der Waals surface area contributed by atoms with E-state index in [0.717, 1.165) is 15.6 Å². The molecule has 0 spiro atoms. The van der Waals surface area contributed by atoms with Crippen molar-refractivity contribution in [3.63, 3.8) is 0 Å². The van der Waals surface area contributed by atoms with Crippen molar-refractivity contribution < 1.29 is 13.9 Å². The lowest BCUT2D eigenvalue weighted by Crippen LogP contribution is -2.33. The quantitative estimate of drug-likeness (QED) is 0.687. The van der Waals surface area contributed by atoms with Gasteiger partial charge in [0.1, 0.15) is 11.6 Å². The minimum Gasteiger partial charge on any atom is -0.496 e. The monoisotopic (exact) mass is 420 g/mol. The largest absolute Gasteiger partial charge is 0.496 e. The van der Waals surface area contributed by atoms with Crippen LogP contribution in [0.2, 0.25) is 0 Å². The minimum atomic E-state index is -0.290. The first-order valence-electron chi connectivity index (χ1n) is 8.12. The Kier molecular flexibility index (Phi) is 7.36. The van der Waals surface area contributed by atoms with Crippen molar-refractivity contribution in [3.05, 3.63) is 70.0 Å². The third-order valence-electron chi connectivity index (χ3n) is 3.93. The van der Waals surface area contributed by atoms with E-state index in [0.29, 0.717) is 12.3 Å². The normalized spacial score (nSPS) is 12.4. The standard InChI is InChI=1S/C20H22BrFN2O2/c1-24(2)18(14-5-4-6-17(22)12-14)13-23-20(25)10-7-15-11-16(21)8-9-19(15)26-3/h4-12,18H,13H2,1-3H3,(H,23,25)/b10-7+. The molecule has 0 bridgehead atoms. The van der Waals surface area contributed by atoms with Crippen LogP contribution in [0.5, 0.6) is 5.75 Å². The zero-order chi connectivity index (χ0) is 19.1. The highest BCUT2D eigenvalue weighted by atomic mass is 79.9.